The fraction of sp³-hybridized carbons (Fsp3) is 0.214. The number of methoxy groups -OCH3 is 1. The Hall–Kier alpha value is -3.86. The number of imidazole rings is 1. The average Bonchev–Trinajstić information content (AvgIpc) is 3.39. The number of halogens is 1. The molecule has 2 aromatic heterocycles. The summed E-state index contributed by atoms with van der Waals surface area (Å²) in [5, 5.41) is 0.473. The molecule has 0 bridgehead atoms. The molecule has 1 aliphatic rings. The van der Waals surface area contributed by atoms with Crippen molar-refractivity contribution in [3.63, 3.8) is 0 Å². The Bertz CT molecular complexity index is 1680. The highest BCUT2D eigenvalue weighted by atomic mass is 35.5. The summed E-state index contributed by atoms with van der Waals surface area (Å²) in [4.78, 5) is 18.1. The molecule has 11 heteroatoms. The van der Waals surface area contributed by atoms with Crippen molar-refractivity contribution in [2.75, 3.05) is 20.0 Å². The van der Waals surface area contributed by atoms with E-state index in [1.54, 1.807) is 60.0 Å². The normalized spacial score (nSPS) is 17.5. The molecule has 0 radical (unpaired) electrons. The minimum atomic E-state index is -3.79. The smallest absolute Gasteiger partial charge is 0.264 e. The fourth-order valence-electron chi connectivity index (χ4n) is 4.19. The molecule has 0 saturated carbocycles. The van der Waals surface area contributed by atoms with Gasteiger partial charge in [-0.2, -0.15) is 8.42 Å². The van der Waals surface area contributed by atoms with Crippen LogP contribution >= 0.6 is 11.6 Å². The summed E-state index contributed by atoms with van der Waals surface area (Å²) < 4.78 is 47.3. The summed E-state index contributed by atoms with van der Waals surface area (Å²) in [7, 11) is -2.24. The van der Waals surface area contributed by atoms with Crippen molar-refractivity contribution in [1.82, 2.24) is 9.38 Å². The van der Waals surface area contributed by atoms with Gasteiger partial charge in [-0.15, -0.1) is 0 Å². The van der Waals surface area contributed by atoms with Crippen molar-refractivity contribution < 1.29 is 31.6 Å². The zero-order chi connectivity index (χ0) is 27.8. The largest absolute Gasteiger partial charge is 0.497 e. The Morgan fingerprint density at radius 1 is 1.00 bits per heavy atom. The molecule has 0 aliphatic carbocycles. The van der Waals surface area contributed by atoms with Crippen LogP contribution in [0.3, 0.4) is 0 Å². The molecule has 202 valence electrons. The van der Waals surface area contributed by atoms with E-state index in [1.165, 1.54) is 6.92 Å². The highest BCUT2D eigenvalue weighted by Crippen LogP contribution is 2.42. The molecule has 2 aromatic carbocycles. The summed E-state index contributed by atoms with van der Waals surface area (Å²) in [6.07, 6.45) is 2.75. The lowest BCUT2D eigenvalue weighted by molar-refractivity contribution is -0.128. The van der Waals surface area contributed by atoms with Gasteiger partial charge >= 0.3 is 0 Å². The first-order valence-corrected chi connectivity index (χ1v) is 14.1. The van der Waals surface area contributed by atoms with Crippen LogP contribution in [0.5, 0.6) is 11.5 Å². The van der Waals surface area contributed by atoms with Gasteiger partial charge in [0.1, 0.15) is 47.0 Å². The minimum absolute atomic E-state index is 0.155. The van der Waals surface area contributed by atoms with E-state index >= 15 is 0 Å². The number of ketones is 1. The molecule has 1 aliphatic heterocycles. The number of aromatic nitrogens is 2. The lowest BCUT2D eigenvalue weighted by Crippen LogP contribution is -2.39. The molecule has 0 saturated heterocycles. The summed E-state index contributed by atoms with van der Waals surface area (Å²) in [6.45, 7) is 1.20. The van der Waals surface area contributed by atoms with E-state index in [-0.39, 0.29) is 6.61 Å². The molecule has 39 heavy (non-hydrogen) atoms. The third kappa shape index (κ3) is 5.49. The Kier molecular flexibility index (Phi) is 7.11. The second-order valence-electron chi connectivity index (χ2n) is 9.15. The maximum atomic E-state index is 13.6. The molecule has 1 atom stereocenters. The minimum Gasteiger partial charge on any atom is -0.497 e. The van der Waals surface area contributed by atoms with E-state index in [9.17, 15) is 13.2 Å². The second-order valence-corrected chi connectivity index (χ2v) is 11.2. The number of Topliss-reactive ketones (excluding diaryl/α,β-unsaturated/α-hetero) is 1. The van der Waals surface area contributed by atoms with Gasteiger partial charge in [-0.3, -0.25) is 13.4 Å². The van der Waals surface area contributed by atoms with E-state index in [0.717, 1.165) is 11.9 Å². The van der Waals surface area contributed by atoms with Crippen LogP contribution in [0.1, 0.15) is 23.7 Å². The van der Waals surface area contributed by atoms with E-state index < -0.39 is 28.1 Å². The van der Waals surface area contributed by atoms with Crippen molar-refractivity contribution >= 4 is 44.5 Å². The number of carbonyl (C=O) groups excluding carboxylic acids is 1. The number of nitrogens with zero attached hydrogens (tertiary/aromatic N) is 2. The van der Waals surface area contributed by atoms with Gasteiger partial charge in [0, 0.05) is 11.8 Å². The molecule has 4 aromatic rings. The van der Waals surface area contributed by atoms with Gasteiger partial charge in [0.05, 0.1) is 18.9 Å². The third-order valence-electron chi connectivity index (χ3n) is 6.22. The Morgan fingerprint density at radius 2 is 1.67 bits per heavy atom. The van der Waals surface area contributed by atoms with Crippen molar-refractivity contribution in [2.45, 2.75) is 19.1 Å². The van der Waals surface area contributed by atoms with Gasteiger partial charge in [-0.05, 0) is 61.0 Å². The van der Waals surface area contributed by atoms with Gasteiger partial charge in [-0.1, -0.05) is 29.8 Å². The summed E-state index contributed by atoms with van der Waals surface area (Å²) in [5.41, 5.74) is 1.28. The SMILES string of the molecule is COc1ccc(C2=C(c3ccc(OCc4nc5ccccn5c4Cl)cc3)C(=O)C(C)(COS(C)(=O)=O)O2)cc1. The molecule has 9 nitrogen and oxygen atoms in total. The predicted molar refractivity (Wildman–Crippen MR) is 146 cm³/mol. The van der Waals surface area contributed by atoms with Crippen LogP contribution in [0.15, 0.2) is 72.9 Å². The van der Waals surface area contributed by atoms with Gasteiger partial charge in [0.25, 0.3) is 10.1 Å². The third-order valence-corrected chi connectivity index (χ3v) is 7.16. The summed E-state index contributed by atoms with van der Waals surface area (Å²) in [6, 6.07) is 19.6. The molecule has 3 heterocycles. The zero-order valence-electron chi connectivity index (χ0n) is 21.4. The maximum absolute atomic E-state index is 13.6. The van der Waals surface area contributed by atoms with Crippen molar-refractivity contribution in [2.24, 2.45) is 0 Å². The number of hydrogen-bond acceptors (Lipinski definition) is 8. The van der Waals surface area contributed by atoms with Crippen LogP contribution in [-0.4, -0.2) is 49.2 Å². The van der Waals surface area contributed by atoms with E-state index in [0.29, 0.717) is 44.8 Å². The standard InChI is InChI=1S/C28H25ClN2O7S/c1-28(17-37-39(3,33)34)26(32)24(25(38-28)19-9-11-20(35-2)12-10-19)18-7-13-21(14-8-18)36-16-22-27(29)31-15-5-4-6-23(31)30-22/h4-15H,16-17H2,1-3H3. The van der Waals surface area contributed by atoms with Crippen LogP contribution in [0.25, 0.3) is 17.0 Å². The van der Waals surface area contributed by atoms with E-state index in [2.05, 4.69) is 4.98 Å². The molecular weight excluding hydrogens is 544 g/mol. The quantitative estimate of drug-likeness (QED) is 0.266. The lowest BCUT2D eigenvalue weighted by atomic mass is 9.92. The predicted octanol–water partition coefficient (Wildman–Crippen LogP) is 4.78. The maximum Gasteiger partial charge on any atom is 0.264 e. The highest BCUT2D eigenvalue weighted by molar-refractivity contribution is 7.86. The van der Waals surface area contributed by atoms with Crippen molar-refractivity contribution in [1.29, 1.82) is 0 Å². The Labute approximate surface area is 230 Å². The van der Waals surface area contributed by atoms with Crippen LogP contribution in [0.4, 0.5) is 0 Å². The number of pyridine rings is 1. The number of hydrogen-bond donors (Lipinski definition) is 0. The van der Waals surface area contributed by atoms with Crippen molar-refractivity contribution in [3.8, 4) is 11.5 Å². The van der Waals surface area contributed by atoms with Gasteiger partial charge in [-0.25, -0.2) is 4.98 Å². The highest BCUT2D eigenvalue weighted by Gasteiger charge is 2.47. The van der Waals surface area contributed by atoms with Crippen LogP contribution < -0.4 is 9.47 Å². The first-order chi connectivity index (χ1) is 18.6. The molecular formula is C28H25ClN2O7S. The monoisotopic (exact) mass is 568 g/mol. The number of fused-ring (bicyclic) bond motifs is 1. The molecule has 0 amide bonds. The first-order valence-electron chi connectivity index (χ1n) is 11.9. The number of carbonyl (C=O) groups is 1. The van der Waals surface area contributed by atoms with Crippen LogP contribution in [-0.2, 0) is 30.4 Å². The van der Waals surface area contributed by atoms with Crippen molar-refractivity contribution in [3.05, 3.63) is 94.9 Å². The lowest BCUT2D eigenvalue weighted by Gasteiger charge is -2.23. The molecule has 0 N–H and O–H groups in total. The topological polar surface area (TPSA) is 105 Å². The molecule has 0 fully saturated rings. The number of rotatable bonds is 9. The number of benzene rings is 2. The Balaban J connectivity index is 1.43. The second kappa shape index (κ2) is 10.4. The van der Waals surface area contributed by atoms with E-state index in [1.807, 2.05) is 24.4 Å². The summed E-state index contributed by atoms with van der Waals surface area (Å²) in [5.74, 6) is 1.10. The van der Waals surface area contributed by atoms with Gasteiger partial charge in [0.2, 0.25) is 5.78 Å². The zero-order valence-corrected chi connectivity index (χ0v) is 23.0. The molecule has 1 unspecified atom stereocenters. The molecule has 0 spiro atoms. The first kappa shape index (κ1) is 26.7. The van der Waals surface area contributed by atoms with Crippen LogP contribution in [0, 0.1) is 0 Å². The average molecular weight is 569 g/mol. The van der Waals surface area contributed by atoms with Gasteiger partial charge < -0.3 is 14.2 Å². The Morgan fingerprint density at radius 3 is 2.31 bits per heavy atom. The molecule has 5 rings (SSSR count). The summed E-state index contributed by atoms with van der Waals surface area (Å²) >= 11 is 6.43. The van der Waals surface area contributed by atoms with E-state index in [4.69, 9.17) is 30.0 Å². The number of ether oxygens (including phenoxy) is 3. The fourth-order valence-corrected chi connectivity index (χ4v) is 4.87. The van der Waals surface area contributed by atoms with Gasteiger partial charge in [0.15, 0.2) is 5.60 Å². The van der Waals surface area contributed by atoms with Crippen LogP contribution in [0.2, 0.25) is 5.15 Å².